The second kappa shape index (κ2) is 11.9. The number of carbonyl (C=O) groups excluding carboxylic acids is 1. The van der Waals surface area contributed by atoms with E-state index >= 15 is 0 Å². The first-order valence-electron chi connectivity index (χ1n) is 15.7. The molecule has 0 spiro atoms. The zero-order chi connectivity index (χ0) is 31.1. The second-order valence-electron chi connectivity index (χ2n) is 12.5. The van der Waals surface area contributed by atoms with E-state index in [4.69, 9.17) is 25.2 Å². The first-order chi connectivity index (χ1) is 21.8. The minimum absolute atomic E-state index is 0.0219. The normalized spacial score (nSPS) is 22.6. The van der Waals surface area contributed by atoms with Crippen molar-refractivity contribution < 1.29 is 18.7 Å². The van der Waals surface area contributed by atoms with E-state index in [1.165, 1.54) is 4.90 Å². The number of benzene rings is 1. The number of piperazine rings is 1. The Bertz CT molecular complexity index is 1680. The molecule has 0 aliphatic carbocycles. The quantitative estimate of drug-likeness (QED) is 0.392. The summed E-state index contributed by atoms with van der Waals surface area (Å²) in [7, 11) is 0. The van der Waals surface area contributed by atoms with Gasteiger partial charge in [-0.1, -0.05) is 30.8 Å². The largest absolute Gasteiger partial charge is 0.461 e. The van der Waals surface area contributed by atoms with Gasteiger partial charge < -0.3 is 25.0 Å². The van der Waals surface area contributed by atoms with E-state index in [1.807, 2.05) is 35.2 Å². The smallest absolute Gasteiger partial charge is 0.318 e. The number of rotatable bonds is 7. The van der Waals surface area contributed by atoms with Crippen LogP contribution in [0.2, 0.25) is 0 Å². The number of nitrogens with two attached hydrogens (primary N) is 1. The first-order valence-corrected chi connectivity index (χ1v) is 15.7. The first kappa shape index (κ1) is 29.4. The highest BCUT2D eigenvalue weighted by Gasteiger charge is 2.45. The molecule has 2 atom stereocenters. The van der Waals surface area contributed by atoms with Gasteiger partial charge in [0.15, 0.2) is 5.83 Å². The van der Waals surface area contributed by atoms with Crippen molar-refractivity contribution in [2.75, 3.05) is 50.0 Å². The number of ether oxygens (including phenoxy) is 2. The number of anilines is 2. The Balaban J connectivity index is 1.23. The summed E-state index contributed by atoms with van der Waals surface area (Å²) in [4.78, 5) is 33.1. The molecule has 6 heterocycles. The molecule has 4 aliphatic heterocycles. The molecule has 2 aromatic heterocycles. The van der Waals surface area contributed by atoms with Crippen LogP contribution in [0.15, 0.2) is 42.7 Å². The standard InChI is InChI=1S/C33H37FN8O3/c1-21(34)31(43)42-15-14-40(18-23(42)8-11-35)30-25-19-44-27(29-24-7-3-2-6-22(24)16-28(36)38-29)17-26(25)37-32(39-30)45-20-33-9-4-12-41(33)13-5-10-33/h2-3,6-7,16,23,27H,1,4-5,8-10,12-15,17-20H2,(H2,36,38)/t23-,27?/m1/s1. The van der Waals surface area contributed by atoms with E-state index in [1.54, 1.807) is 0 Å². The van der Waals surface area contributed by atoms with E-state index in [0.29, 0.717) is 43.8 Å². The molecule has 1 amide bonds. The molecule has 2 N–H and O–H groups in total. The van der Waals surface area contributed by atoms with Crippen molar-refractivity contribution in [1.82, 2.24) is 24.8 Å². The fourth-order valence-electron chi connectivity index (χ4n) is 7.64. The molecule has 12 heteroatoms. The summed E-state index contributed by atoms with van der Waals surface area (Å²) in [5.74, 6) is -0.737. The third-order valence-corrected chi connectivity index (χ3v) is 9.84. The maximum absolute atomic E-state index is 13.8. The molecule has 7 rings (SSSR count). The molecule has 0 bridgehead atoms. The van der Waals surface area contributed by atoms with Gasteiger partial charge in [0.2, 0.25) is 0 Å². The van der Waals surface area contributed by atoms with E-state index in [2.05, 4.69) is 22.5 Å². The zero-order valence-electron chi connectivity index (χ0n) is 25.3. The van der Waals surface area contributed by atoms with Crippen LogP contribution in [0, 0.1) is 11.3 Å². The molecule has 1 aromatic carbocycles. The fraction of sp³-hybridized carbons (Fsp3) is 0.485. The number of hydrogen-bond acceptors (Lipinski definition) is 10. The van der Waals surface area contributed by atoms with Crippen molar-refractivity contribution >= 4 is 28.3 Å². The van der Waals surface area contributed by atoms with Crippen LogP contribution in [0.5, 0.6) is 6.01 Å². The number of nitriles is 1. The van der Waals surface area contributed by atoms with Crippen LogP contribution in [-0.4, -0.2) is 81.6 Å². The lowest BCUT2D eigenvalue weighted by molar-refractivity contribution is -0.131. The molecule has 0 radical (unpaired) electrons. The highest BCUT2D eigenvalue weighted by molar-refractivity contribution is 5.91. The van der Waals surface area contributed by atoms with Crippen LogP contribution >= 0.6 is 0 Å². The zero-order valence-corrected chi connectivity index (χ0v) is 25.3. The summed E-state index contributed by atoms with van der Waals surface area (Å²) in [5.41, 5.74) is 8.62. The van der Waals surface area contributed by atoms with Crippen molar-refractivity contribution in [3.05, 3.63) is 59.7 Å². The number of hydrogen-bond donors (Lipinski definition) is 1. The summed E-state index contributed by atoms with van der Waals surface area (Å²) in [6.07, 6.45) is 4.64. The Hall–Kier alpha value is -4.34. The molecule has 234 valence electrons. The van der Waals surface area contributed by atoms with E-state index in [-0.39, 0.29) is 31.2 Å². The summed E-state index contributed by atoms with van der Waals surface area (Å²) in [5, 5.41) is 11.5. The number of halogens is 1. The van der Waals surface area contributed by atoms with Crippen LogP contribution in [0.3, 0.4) is 0 Å². The lowest BCUT2D eigenvalue weighted by Crippen LogP contribution is -2.55. The number of nitrogens with zero attached hydrogens (tertiary/aromatic N) is 7. The molecular formula is C33H37FN8O3. The fourth-order valence-corrected chi connectivity index (χ4v) is 7.64. The van der Waals surface area contributed by atoms with Crippen molar-refractivity contribution in [3.8, 4) is 12.1 Å². The SMILES string of the molecule is C=C(F)C(=O)N1CCN(c2nc(OCC34CCCN3CCC4)nc3c2COC(c2nc(N)cc4ccccc24)C3)C[C@H]1CC#N. The highest BCUT2D eigenvalue weighted by Crippen LogP contribution is 2.40. The van der Waals surface area contributed by atoms with Crippen molar-refractivity contribution in [1.29, 1.82) is 5.26 Å². The second-order valence-corrected chi connectivity index (χ2v) is 12.5. The minimum Gasteiger partial charge on any atom is -0.461 e. The lowest BCUT2D eigenvalue weighted by atomic mass is 9.95. The van der Waals surface area contributed by atoms with Gasteiger partial charge in [0.1, 0.15) is 24.3 Å². The Morgan fingerprint density at radius 2 is 1.98 bits per heavy atom. The topological polar surface area (TPSA) is 134 Å². The van der Waals surface area contributed by atoms with Crippen molar-refractivity contribution in [3.63, 3.8) is 0 Å². The lowest BCUT2D eigenvalue weighted by Gasteiger charge is -2.42. The summed E-state index contributed by atoms with van der Waals surface area (Å²) < 4.78 is 26.7. The molecule has 45 heavy (non-hydrogen) atoms. The van der Waals surface area contributed by atoms with Crippen LogP contribution < -0.4 is 15.4 Å². The summed E-state index contributed by atoms with van der Waals surface area (Å²) >= 11 is 0. The van der Waals surface area contributed by atoms with Gasteiger partial charge in [0, 0.05) is 37.0 Å². The van der Waals surface area contributed by atoms with Crippen LogP contribution in [0.25, 0.3) is 10.8 Å². The molecule has 11 nitrogen and oxygen atoms in total. The van der Waals surface area contributed by atoms with Gasteiger partial charge in [-0.05, 0) is 50.2 Å². The van der Waals surface area contributed by atoms with E-state index in [9.17, 15) is 14.4 Å². The highest BCUT2D eigenvalue weighted by atomic mass is 19.1. The monoisotopic (exact) mass is 612 g/mol. The third-order valence-electron chi connectivity index (χ3n) is 9.84. The van der Waals surface area contributed by atoms with Gasteiger partial charge in [-0.15, -0.1) is 0 Å². The predicted molar refractivity (Wildman–Crippen MR) is 166 cm³/mol. The Morgan fingerprint density at radius 1 is 1.18 bits per heavy atom. The van der Waals surface area contributed by atoms with Gasteiger partial charge in [-0.3, -0.25) is 9.69 Å². The number of pyridine rings is 1. The van der Waals surface area contributed by atoms with Crippen LogP contribution in [-0.2, 0) is 22.6 Å². The number of nitrogen functional groups attached to an aromatic ring is 1. The third kappa shape index (κ3) is 5.44. The molecule has 3 aromatic rings. The molecule has 0 saturated carbocycles. The van der Waals surface area contributed by atoms with Gasteiger partial charge >= 0.3 is 6.01 Å². The van der Waals surface area contributed by atoms with Crippen molar-refractivity contribution in [2.45, 2.75) is 62.8 Å². The number of carbonyl (C=O) groups is 1. The number of aromatic nitrogens is 3. The molecule has 4 aliphatic rings. The maximum Gasteiger partial charge on any atom is 0.318 e. The average molecular weight is 613 g/mol. The van der Waals surface area contributed by atoms with Gasteiger partial charge in [0.25, 0.3) is 5.91 Å². The Kier molecular flexibility index (Phi) is 7.75. The van der Waals surface area contributed by atoms with Gasteiger partial charge in [-0.25, -0.2) is 9.37 Å². The number of fused-ring (bicyclic) bond motifs is 3. The molecular weight excluding hydrogens is 575 g/mol. The van der Waals surface area contributed by atoms with E-state index in [0.717, 1.165) is 66.5 Å². The van der Waals surface area contributed by atoms with E-state index < -0.39 is 17.8 Å². The predicted octanol–water partition coefficient (Wildman–Crippen LogP) is 3.84. The molecule has 1 unspecified atom stereocenters. The van der Waals surface area contributed by atoms with Gasteiger partial charge in [-0.2, -0.15) is 15.2 Å². The molecule has 3 saturated heterocycles. The summed E-state index contributed by atoms with van der Waals surface area (Å²) in [6, 6.07) is 11.8. The van der Waals surface area contributed by atoms with Crippen LogP contribution in [0.4, 0.5) is 16.0 Å². The minimum atomic E-state index is -1.03. The summed E-state index contributed by atoms with van der Waals surface area (Å²) in [6.45, 7) is 7.04. The Morgan fingerprint density at radius 3 is 2.76 bits per heavy atom. The average Bonchev–Trinajstić information content (AvgIpc) is 3.63. The Labute approximate surface area is 261 Å². The number of amides is 1. The van der Waals surface area contributed by atoms with Crippen LogP contribution in [0.1, 0.15) is 55.2 Å². The maximum atomic E-state index is 13.8. The van der Waals surface area contributed by atoms with Gasteiger partial charge in [0.05, 0.1) is 42.1 Å². The van der Waals surface area contributed by atoms with Crippen molar-refractivity contribution in [2.24, 2.45) is 0 Å². The molecule has 3 fully saturated rings.